The molecule has 0 atom stereocenters. The molecule has 3 rings (SSSR count). The molecular weight excluding hydrogens is 334 g/mol. The molecule has 0 saturated heterocycles. The van der Waals surface area contributed by atoms with Crippen molar-refractivity contribution >= 4 is 34.6 Å². The molecule has 0 unspecified atom stereocenters. The highest BCUT2D eigenvalue weighted by Crippen LogP contribution is 2.31. The second-order valence-corrected chi connectivity index (χ2v) is 6.80. The standard InChI is InChI=1S/C15H13N3O3S2/c1-18-13(15(20)21)9(8-17-18)7-16-14(19)12-5-4-11(23-12)10-3-2-6-22-10/h2-6,8H,7H2,1H3,(H,16,19)(H,20,21). The highest BCUT2D eigenvalue weighted by atomic mass is 32.1. The summed E-state index contributed by atoms with van der Waals surface area (Å²) in [7, 11) is 1.56. The first kappa shape index (κ1) is 15.4. The predicted molar refractivity (Wildman–Crippen MR) is 89.0 cm³/mol. The van der Waals surface area contributed by atoms with Gasteiger partial charge in [-0.25, -0.2) is 4.79 Å². The Labute approximate surface area is 140 Å². The van der Waals surface area contributed by atoms with Crippen LogP contribution < -0.4 is 5.32 Å². The smallest absolute Gasteiger partial charge is 0.354 e. The van der Waals surface area contributed by atoms with Crippen molar-refractivity contribution in [3.05, 3.63) is 52.0 Å². The number of nitrogens with zero attached hydrogens (tertiary/aromatic N) is 2. The third kappa shape index (κ3) is 3.17. The Morgan fingerprint density at radius 3 is 2.83 bits per heavy atom. The van der Waals surface area contributed by atoms with E-state index in [4.69, 9.17) is 5.11 Å². The lowest BCUT2D eigenvalue weighted by atomic mass is 10.2. The van der Waals surface area contributed by atoms with Gasteiger partial charge in [0.25, 0.3) is 5.91 Å². The Kier molecular flexibility index (Phi) is 4.26. The number of aryl methyl sites for hydroxylation is 1. The molecule has 118 valence electrons. The van der Waals surface area contributed by atoms with E-state index in [-0.39, 0.29) is 18.1 Å². The van der Waals surface area contributed by atoms with Crippen LogP contribution >= 0.6 is 22.7 Å². The summed E-state index contributed by atoms with van der Waals surface area (Å²) < 4.78 is 1.28. The van der Waals surface area contributed by atoms with E-state index in [1.165, 1.54) is 22.2 Å². The van der Waals surface area contributed by atoms with Crippen LogP contribution in [0, 0.1) is 0 Å². The number of nitrogens with one attached hydrogen (secondary N) is 1. The molecule has 0 spiro atoms. The molecule has 3 heterocycles. The molecule has 0 radical (unpaired) electrons. The normalized spacial score (nSPS) is 10.7. The van der Waals surface area contributed by atoms with Crippen molar-refractivity contribution in [2.75, 3.05) is 0 Å². The first-order chi connectivity index (χ1) is 11.1. The van der Waals surface area contributed by atoms with Crippen LogP contribution in [-0.2, 0) is 13.6 Å². The van der Waals surface area contributed by atoms with Gasteiger partial charge in [-0.05, 0) is 23.6 Å². The van der Waals surface area contributed by atoms with Crippen molar-refractivity contribution in [3.8, 4) is 9.75 Å². The molecular formula is C15H13N3O3S2. The summed E-state index contributed by atoms with van der Waals surface area (Å²) in [6.45, 7) is 0.126. The number of hydrogen-bond acceptors (Lipinski definition) is 5. The third-order valence-corrected chi connectivity index (χ3v) is 5.40. The molecule has 23 heavy (non-hydrogen) atoms. The van der Waals surface area contributed by atoms with Gasteiger partial charge >= 0.3 is 5.97 Å². The second kappa shape index (κ2) is 6.35. The van der Waals surface area contributed by atoms with Gasteiger partial charge in [0, 0.05) is 28.9 Å². The molecule has 0 fully saturated rings. The Balaban J connectivity index is 1.70. The number of rotatable bonds is 5. The average molecular weight is 347 g/mol. The molecule has 8 heteroatoms. The van der Waals surface area contributed by atoms with Crippen LogP contribution in [0.15, 0.2) is 35.8 Å². The fraction of sp³-hybridized carbons (Fsp3) is 0.133. The van der Waals surface area contributed by atoms with Crippen LogP contribution in [0.1, 0.15) is 25.7 Å². The summed E-state index contributed by atoms with van der Waals surface area (Å²) in [4.78, 5) is 26.2. The number of carbonyl (C=O) groups is 2. The Morgan fingerprint density at radius 2 is 2.13 bits per heavy atom. The van der Waals surface area contributed by atoms with Gasteiger partial charge in [-0.3, -0.25) is 9.48 Å². The third-order valence-electron chi connectivity index (χ3n) is 3.25. The van der Waals surface area contributed by atoms with E-state index in [0.717, 1.165) is 9.75 Å². The fourth-order valence-electron chi connectivity index (χ4n) is 2.16. The van der Waals surface area contributed by atoms with Gasteiger partial charge in [0.15, 0.2) is 5.69 Å². The van der Waals surface area contributed by atoms with E-state index in [2.05, 4.69) is 10.4 Å². The van der Waals surface area contributed by atoms with Gasteiger partial charge in [-0.15, -0.1) is 22.7 Å². The second-order valence-electron chi connectivity index (χ2n) is 4.77. The molecule has 3 aromatic heterocycles. The molecule has 0 aliphatic heterocycles. The molecule has 1 amide bonds. The highest BCUT2D eigenvalue weighted by Gasteiger charge is 2.17. The maximum atomic E-state index is 12.2. The van der Waals surface area contributed by atoms with Gasteiger partial charge in [-0.2, -0.15) is 5.10 Å². The van der Waals surface area contributed by atoms with Crippen LogP contribution in [0.2, 0.25) is 0 Å². The van der Waals surface area contributed by atoms with E-state index in [0.29, 0.717) is 10.4 Å². The first-order valence-electron chi connectivity index (χ1n) is 6.72. The highest BCUT2D eigenvalue weighted by molar-refractivity contribution is 7.22. The van der Waals surface area contributed by atoms with E-state index in [9.17, 15) is 9.59 Å². The number of carbonyl (C=O) groups excluding carboxylic acids is 1. The van der Waals surface area contributed by atoms with Crippen LogP contribution in [0.5, 0.6) is 0 Å². The summed E-state index contributed by atoms with van der Waals surface area (Å²) in [6, 6.07) is 7.66. The molecule has 3 aromatic rings. The van der Waals surface area contributed by atoms with E-state index in [1.54, 1.807) is 24.5 Å². The van der Waals surface area contributed by atoms with Crippen LogP contribution in [0.25, 0.3) is 9.75 Å². The van der Waals surface area contributed by atoms with Gasteiger partial charge in [0.2, 0.25) is 0 Å². The zero-order valence-corrected chi connectivity index (χ0v) is 13.8. The van der Waals surface area contributed by atoms with Crippen molar-refractivity contribution in [2.24, 2.45) is 7.05 Å². The Bertz CT molecular complexity index is 849. The first-order valence-corrected chi connectivity index (χ1v) is 8.42. The topological polar surface area (TPSA) is 84.2 Å². The van der Waals surface area contributed by atoms with E-state index < -0.39 is 5.97 Å². The monoisotopic (exact) mass is 347 g/mol. The van der Waals surface area contributed by atoms with Crippen molar-refractivity contribution in [1.29, 1.82) is 0 Å². The fourth-order valence-corrected chi connectivity index (χ4v) is 3.92. The summed E-state index contributed by atoms with van der Waals surface area (Å²) in [5.74, 6) is -1.29. The summed E-state index contributed by atoms with van der Waals surface area (Å²) in [6.07, 6.45) is 1.45. The lowest BCUT2D eigenvalue weighted by Gasteiger charge is -2.03. The molecule has 0 aliphatic rings. The number of aromatic nitrogens is 2. The summed E-state index contributed by atoms with van der Waals surface area (Å²) >= 11 is 3.03. The minimum Gasteiger partial charge on any atom is -0.477 e. The average Bonchev–Trinajstić information content (AvgIpc) is 3.24. The van der Waals surface area contributed by atoms with Gasteiger partial charge in [0.05, 0.1) is 11.1 Å². The van der Waals surface area contributed by atoms with Gasteiger partial charge in [-0.1, -0.05) is 6.07 Å². The number of thiophene rings is 2. The maximum Gasteiger partial charge on any atom is 0.354 e. The lowest BCUT2D eigenvalue weighted by Crippen LogP contribution is -2.23. The number of carboxylic acid groups (broad SMARTS) is 1. The van der Waals surface area contributed by atoms with Gasteiger partial charge < -0.3 is 10.4 Å². The molecule has 0 saturated carbocycles. The van der Waals surface area contributed by atoms with Crippen molar-refractivity contribution in [2.45, 2.75) is 6.54 Å². The number of aromatic carboxylic acids is 1. The maximum absolute atomic E-state index is 12.2. The molecule has 0 aromatic carbocycles. The largest absolute Gasteiger partial charge is 0.477 e. The number of carboxylic acids is 1. The number of amides is 1. The molecule has 0 bridgehead atoms. The zero-order valence-electron chi connectivity index (χ0n) is 12.1. The van der Waals surface area contributed by atoms with Gasteiger partial charge in [0.1, 0.15) is 0 Å². The zero-order chi connectivity index (χ0) is 16.4. The summed E-state index contributed by atoms with van der Waals surface area (Å²) in [5, 5.41) is 17.8. The lowest BCUT2D eigenvalue weighted by molar-refractivity contribution is 0.0682. The van der Waals surface area contributed by atoms with Crippen molar-refractivity contribution in [3.63, 3.8) is 0 Å². The van der Waals surface area contributed by atoms with Crippen molar-refractivity contribution in [1.82, 2.24) is 15.1 Å². The number of hydrogen-bond donors (Lipinski definition) is 2. The van der Waals surface area contributed by atoms with Crippen LogP contribution in [0.4, 0.5) is 0 Å². The van der Waals surface area contributed by atoms with Crippen LogP contribution in [-0.4, -0.2) is 26.8 Å². The molecule has 6 nitrogen and oxygen atoms in total. The minimum atomic E-state index is -1.06. The van der Waals surface area contributed by atoms with Crippen LogP contribution in [0.3, 0.4) is 0 Å². The Hall–Kier alpha value is -2.45. The summed E-state index contributed by atoms with van der Waals surface area (Å²) in [5.41, 5.74) is 0.555. The van der Waals surface area contributed by atoms with E-state index in [1.807, 2.05) is 23.6 Å². The molecule has 0 aliphatic carbocycles. The quantitative estimate of drug-likeness (QED) is 0.743. The van der Waals surface area contributed by atoms with E-state index >= 15 is 0 Å². The minimum absolute atomic E-state index is 0.0794. The SMILES string of the molecule is Cn1ncc(CNC(=O)c2ccc(-c3cccs3)s2)c1C(=O)O. The Morgan fingerprint density at radius 1 is 1.30 bits per heavy atom. The molecule has 2 N–H and O–H groups in total. The van der Waals surface area contributed by atoms with Crippen molar-refractivity contribution < 1.29 is 14.7 Å². The predicted octanol–water partition coefficient (Wildman–Crippen LogP) is 2.84.